The Bertz CT molecular complexity index is 1070. The van der Waals surface area contributed by atoms with Crippen molar-refractivity contribution in [1.29, 1.82) is 0 Å². The zero-order valence-electron chi connectivity index (χ0n) is 16.3. The van der Waals surface area contributed by atoms with Crippen molar-refractivity contribution in [1.82, 2.24) is 4.90 Å². The first-order valence-corrected chi connectivity index (χ1v) is 9.40. The number of esters is 1. The molecule has 6 nitrogen and oxygen atoms in total. The summed E-state index contributed by atoms with van der Waals surface area (Å²) in [7, 11) is 3.22. The highest BCUT2D eigenvalue weighted by atomic mass is 19.4. The van der Waals surface area contributed by atoms with E-state index in [1.54, 1.807) is 6.07 Å². The topological polar surface area (TPSA) is 57.2 Å². The maximum atomic E-state index is 12.9. The fraction of sp³-hybridized carbons (Fsp3) is 0.381. The monoisotopic (exact) mass is 421 g/mol. The van der Waals surface area contributed by atoms with Gasteiger partial charge in [-0.15, -0.1) is 0 Å². The highest BCUT2D eigenvalue weighted by Gasteiger charge is 2.43. The van der Waals surface area contributed by atoms with Crippen molar-refractivity contribution in [2.45, 2.75) is 25.1 Å². The lowest BCUT2D eigenvalue weighted by Gasteiger charge is -2.38. The minimum absolute atomic E-state index is 0.0378. The van der Waals surface area contributed by atoms with E-state index in [2.05, 4.69) is 0 Å². The van der Waals surface area contributed by atoms with E-state index in [-0.39, 0.29) is 24.2 Å². The van der Waals surface area contributed by atoms with Crippen LogP contribution in [0.4, 0.5) is 13.2 Å². The predicted molar refractivity (Wildman–Crippen MR) is 99.0 cm³/mol. The average Bonchev–Trinajstić information content (AvgIpc) is 3.14. The molecule has 0 spiro atoms. The second kappa shape index (κ2) is 6.53. The fourth-order valence-electron chi connectivity index (χ4n) is 4.61. The molecule has 0 amide bonds. The van der Waals surface area contributed by atoms with Gasteiger partial charge in [-0.1, -0.05) is 0 Å². The van der Waals surface area contributed by atoms with Crippen LogP contribution in [0.5, 0.6) is 23.0 Å². The van der Waals surface area contributed by atoms with Gasteiger partial charge in [0.15, 0.2) is 23.0 Å². The molecule has 2 aliphatic heterocycles. The summed E-state index contributed by atoms with van der Waals surface area (Å²) < 4.78 is 59.8. The molecule has 0 radical (unpaired) electrons. The van der Waals surface area contributed by atoms with Gasteiger partial charge in [-0.2, -0.15) is 13.2 Å². The van der Waals surface area contributed by atoms with Gasteiger partial charge < -0.3 is 23.8 Å². The van der Waals surface area contributed by atoms with Crippen molar-refractivity contribution in [2.75, 3.05) is 27.5 Å². The largest absolute Gasteiger partial charge is 0.493 e. The first-order chi connectivity index (χ1) is 14.3. The molecule has 0 aromatic heterocycles. The van der Waals surface area contributed by atoms with Gasteiger partial charge >= 0.3 is 12.1 Å². The third kappa shape index (κ3) is 2.87. The molecule has 2 heterocycles. The second-order valence-corrected chi connectivity index (χ2v) is 7.70. The number of hydrogen-bond acceptors (Lipinski definition) is 6. The quantitative estimate of drug-likeness (QED) is 0.545. The Labute approximate surface area is 170 Å². The number of hydrogen-bond donors (Lipinski definition) is 0. The number of halogens is 3. The van der Waals surface area contributed by atoms with Gasteiger partial charge in [-0.05, 0) is 53.9 Å². The second-order valence-electron chi connectivity index (χ2n) is 7.70. The van der Waals surface area contributed by atoms with Crippen molar-refractivity contribution >= 4 is 5.97 Å². The number of nitrogens with zero attached hydrogens (tertiary/aromatic N) is 1. The van der Waals surface area contributed by atoms with Crippen LogP contribution in [0, 0.1) is 0 Å². The molecule has 30 heavy (non-hydrogen) atoms. The summed E-state index contributed by atoms with van der Waals surface area (Å²) in [5, 5.41) is 0. The number of likely N-dealkylation sites (N-methyl/N-ethyl adjacent to an activating group) is 1. The molecule has 0 bridgehead atoms. The van der Waals surface area contributed by atoms with E-state index < -0.39 is 12.1 Å². The molecule has 1 atom stereocenters. The third-order valence-electron chi connectivity index (χ3n) is 5.76. The van der Waals surface area contributed by atoms with Gasteiger partial charge in [0.25, 0.3) is 0 Å². The molecule has 0 saturated heterocycles. The van der Waals surface area contributed by atoms with Gasteiger partial charge in [0.05, 0.1) is 7.11 Å². The van der Waals surface area contributed by atoms with E-state index in [1.165, 1.54) is 7.11 Å². The molecule has 0 N–H and O–H groups in total. The normalized spacial score (nSPS) is 19.2. The third-order valence-corrected chi connectivity index (χ3v) is 5.76. The summed E-state index contributed by atoms with van der Waals surface area (Å²) in [6.45, 7) is 1.22. The number of benzene rings is 2. The van der Waals surface area contributed by atoms with E-state index in [0.29, 0.717) is 30.0 Å². The molecular weight excluding hydrogens is 403 g/mol. The summed E-state index contributed by atoms with van der Waals surface area (Å²) >= 11 is 0. The van der Waals surface area contributed by atoms with Crippen molar-refractivity contribution in [2.24, 2.45) is 0 Å². The molecule has 1 aliphatic carbocycles. The maximum absolute atomic E-state index is 12.9. The minimum Gasteiger partial charge on any atom is -0.493 e. The lowest BCUT2D eigenvalue weighted by Crippen LogP contribution is -2.35. The summed E-state index contributed by atoms with van der Waals surface area (Å²) in [6, 6.07) is 5.50. The smallest absolute Gasteiger partial charge is 0.491 e. The molecule has 0 saturated carbocycles. The van der Waals surface area contributed by atoms with Crippen molar-refractivity contribution < 1.29 is 36.9 Å². The molecule has 1 unspecified atom stereocenters. The van der Waals surface area contributed by atoms with Gasteiger partial charge in [-0.25, -0.2) is 4.79 Å². The maximum Gasteiger partial charge on any atom is 0.491 e. The van der Waals surface area contributed by atoms with Gasteiger partial charge in [0.2, 0.25) is 6.79 Å². The summed E-state index contributed by atoms with van der Waals surface area (Å²) in [5.41, 5.74) is 4.28. The number of methoxy groups -OCH3 is 1. The van der Waals surface area contributed by atoms with Crippen LogP contribution >= 0.6 is 0 Å². The number of fused-ring (bicyclic) bond motifs is 3. The minimum atomic E-state index is -5.10. The fourth-order valence-corrected chi connectivity index (χ4v) is 4.61. The van der Waals surface area contributed by atoms with Crippen LogP contribution in [-0.2, 0) is 17.8 Å². The lowest BCUT2D eigenvalue weighted by molar-refractivity contribution is -0.189. The first kappa shape index (κ1) is 19.0. The van der Waals surface area contributed by atoms with Gasteiger partial charge in [0.1, 0.15) is 0 Å². The Balaban J connectivity index is 1.72. The molecule has 5 rings (SSSR count). The summed E-state index contributed by atoms with van der Waals surface area (Å²) in [4.78, 5) is 13.6. The van der Waals surface area contributed by atoms with Crippen LogP contribution in [0.2, 0.25) is 0 Å². The summed E-state index contributed by atoms with van der Waals surface area (Å²) in [6.07, 6.45) is -4.41. The predicted octanol–water partition coefficient (Wildman–Crippen LogP) is 3.64. The zero-order chi connectivity index (χ0) is 21.2. The molecule has 2 aromatic carbocycles. The van der Waals surface area contributed by atoms with E-state index in [4.69, 9.17) is 18.9 Å². The van der Waals surface area contributed by atoms with Gasteiger partial charge in [-0.3, -0.25) is 0 Å². The lowest BCUT2D eigenvalue weighted by atomic mass is 9.74. The van der Waals surface area contributed by atoms with Crippen LogP contribution in [0.25, 0.3) is 11.1 Å². The Morgan fingerprint density at radius 1 is 1.17 bits per heavy atom. The Kier molecular flexibility index (Phi) is 4.15. The number of rotatable bonds is 2. The number of carbonyl (C=O) groups excluding carboxylic acids is 1. The zero-order valence-corrected chi connectivity index (χ0v) is 16.3. The van der Waals surface area contributed by atoms with Crippen molar-refractivity contribution in [3.8, 4) is 34.1 Å². The van der Waals surface area contributed by atoms with Crippen LogP contribution in [0.3, 0.4) is 0 Å². The highest BCUT2D eigenvalue weighted by molar-refractivity contribution is 5.84. The van der Waals surface area contributed by atoms with E-state index in [1.807, 2.05) is 24.1 Å². The number of carbonyl (C=O) groups is 1. The van der Waals surface area contributed by atoms with Crippen LogP contribution in [0.15, 0.2) is 18.2 Å². The van der Waals surface area contributed by atoms with Gasteiger partial charge in [0, 0.05) is 24.6 Å². The Morgan fingerprint density at radius 3 is 2.60 bits per heavy atom. The molecule has 2 aromatic rings. The number of ether oxygens (including phenoxy) is 4. The van der Waals surface area contributed by atoms with Crippen molar-refractivity contribution in [3.63, 3.8) is 0 Å². The SMILES string of the molecule is COc1cc2c3c(c1OC(=O)C(F)(F)F)CN(C)CC3Cc1cc3c(cc1-2)OCO3. The molecule has 3 aliphatic rings. The van der Waals surface area contributed by atoms with Crippen LogP contribution in [-0.4, -0.2) is 44.5 Å². The standard InChI is InChI=1S/C21H18F3NO5/c1-25-7-11-3-10-4-15-16(29-9-28-15)5-12(10)13-6-17(27-2)19(14(8-25)18(11)13)30-20(26)21(22,23)24/h4-6,11H,3,7-9H2,1-2H3. The number of alkyl halides is 3. The van der Waals surface area contributed by atoms with Crippen molar-refractivity contribution in [3.05, 3.63) is 34.9 Å². The van der Waals surface area contributed by atoms with Crippen LogP contribution in [0.1, 0.15) is 22.6 Å². The Morgan fingerprint density at radius 2 is 1.90 bits per heavy atom. The molecule has 158 valence electrons. The van der Waals surface area contributed by atoms with E-state index in [9.17, 15) is 18.0 Å². The average molecular weight is 421 g/mol. The Hall–Kier alpha value is -2.94. The molecule has 9 heteroatoms. The first-order valence-electron chi connectivity index (χ1n) is 9.40. The summed E-state index contributed by atoms with van der Waals surface area (Å²) in [5.74, 6) is -0.998. The highest BCUT2D eigenvalue weighted by Crippen LogP contribution is 2.52. The van der Waals surface area contributed by atoms with Crippen LogP contribution < -0.4 is 18.9 Å². The van der Waals surface area contributed by atoms with E-state index in [0.717, 1.165) is 28.8 Å². The van der Waals surface area contributed by atoms with E-state index >= 15 is 0 Å². The molecular formula is C21H18F3NO5. The molecule has 0 fully saturated rings.